The summed E-state index contributed by atoms with van der Waals surface area (Å²) in [6.07, 6.45) is 1.43. The standard InChI is InChI=1S/C13H21N3O4S/c1-4-8-15(9-5-2)21(19,20)11-6-7-13(16(17)18)12(10-11)14-3/h6-7,10,14H,4-5,8-9H2,1-3H3. The van der Waals surface area contributed by atoms with E-state index in [9.17, 15) is 18.5 Å². The second kappa shape index (κ2) is 7.37. The van der Waals surface area contributed by atoms with Crippen molar-refractivity contribution in [2.24, 2.45) is 0 Å². The van der Waals surface area contributed by atoms with Gasteiger partial charge in [-0.1, -0.05) is 13.8 Å². The molecule has 7 nitrogen and oxygen atoms in total. The zero-order chi connectivity index (χ0) is 16.0. The van der Waals surface area contributed by atoms with Crippen molar-refractivity contribution in [1.82, 2.24) is 4.31 Å². The summed E-state index contributed by atoms with van der Waals surface area (Å²) in [7, 11) is -2.11. The van der Waals surface area contributed by atoms with Gasteiger partial charge in [-0.25, -0.2) is 8.42 Å². The first-order valence-corrected chi connectivity index (χ1v) is 8.28. The van der Waals surface area contributed by atoms with Gasteiger partial charge in [0.25, 0.3) is 5.69 Å². The van der Waals surface area contributed by atoms with Crippen LogP contribution in [0.15, 0.2) is 23.1 Å². The largest absolute Gasteiger partial charge is 0.383 e. The second-order valence-electron chi connectivity index (χ2n) is 4.59. The number of nitrogens with one attached hydrogen (secondary N) is 1. The minimum Gasteiger partial charge on any atom is -0.383 e. The van der Waals surface area contributed by atoms with Crippen molar-refractivity contribution in [3.05, 3.63) is 28.3 Å². The van der Waals surface area contributed by atoms with Crippen LogP contribution in [0.5, 0.6) is 0 Å². The number of nitrogens with zero attached hydrogens (tertiary/aromatic N) is 2. The topological polar surface area (TPSA) is 92.5 Å². The molecule has 0 atom stereocenters. The minimum atomic E-state index is -3.63. The van der Waals surface area contributed by atoms with Crippen LogP contribution in [0, 0.1) is 10.1 Å². The Hall–Kier alpha value is -1.67. The van der Waals surface area contributed by atoms with Crippen LogP contribution in [0.2, 0.25) is 0 Å². The average Bonchev–Trinajstić information content (AvgIpc) is 2.46. The zero-order valence-electron chi connectivity index (χ0n) is 12.5. The van der Waals surface area contributed by atoms with Crippen molar-refractivity contribution in [3.8, 4) is 0 Å². The molecule has 1 aromatic rings. The maximum atomic E-state index is 12.6. The first-order chi connectivity index (χ1) is 9.88. The highest BCUT2D eigenvalue weighted by Gasteiger charge is 2.25. The van der Waals surface area contributed by atoms with Gasteiger partial charge in [-0.05, 0) is 25.0 Å². The number of nitro benzene ring substituents is 1. The molecule has 0 aliphatic carbocycles. The number of benzene rings is 1. The van der Waals surface area contributed by atoms with Crippen molar-refractivity contribution in [3.63, 3.8) is 0 Å². The lowest BCUT2D eigenvalue weighted by atomic mass is 10.3. The van der Waals surface area contributed by atoms with Crippen LogP contribution in [0.4, 0.5) is 11.4 Å². The molecule has 0 spiro atoms. The Balaban J connectivity index is 3.27. The molecule has 0 saturated heterocycles. The summed E-state index contributed by atoms with van der Waals surface area (Å²) in [6, 6.07) is 3.81. The van der Waals surface area contributed by atoms with Crippen LogP contribution in [-0.2, 0) is 10.0 Å². The van der Waals surface area contributed by atoms with Crippen LogP contribution in [0.3, 0.4) is 0 Å². The summed E-state index contributed by atoms with van der Waals surface area (Å²) in [5.41, 5.74) is 0.0444. The molecule has 0 aliphatic heterocycles. The van der Waals surface area contributed by atoms with Crippen LogP contribution < -0.4 is 5.32 Å². The van der Waals surface area contributed by atoms with Crippen LogP contribution in [0.25, 0.3) is 0 Å². The van der Waals surface area contributed by atoms with Gasteiger partial charge in [0.2, 0.25) is 10.0 Å². The summed E-state index contributed by atoms with van der Waals surface area (Å²) in [6.45, 7) is 4.68. The molecule has 0 saturated carbocycles. The normalized spacial score (nSPS) is 11.6. The Labute approximate surface area is 125 Å². The predicted molar refractivity (Wildman–Crippen MR) is 82.0 cm³/mol. The molecule has 21 heavy (non-hydrogen) atoms. The van der Waals surface area contributed by atoms with Crippen molar-refractivity contribution < 1.29 is 13.3 Å². The Bertz CT molecular complexity index is 595. The number of hydrogen-bond acceptors (Lipinski definition) is 5. The van der Waals surface area contributed by atoms with Crippen LogP contribution in [0.1, 0.15) is 26.7 Å². The van der Waals surface area contributed by atoms with Gasteiger partial charge in [0.05, 0.1) is 9.82 Å². The quantitative estimate of drug-likeness (QED) is 0.587. The van der Waals surface area contributed by atoms with E-state index in [1.165, 1.54) is 29.6 Å². The first-order valence-electron chi connectivity index (χ1n) is 6.84. The maximum absolute atomic E-state index is 12.6. The van der Waals surface area contributed by atoms with Gasteiger partial charge in [0.15, 0.2) is 0 Å². The molecule has 118 valence electrons. The third-order valence-corrected chi connectivity index (χ3v) is 4.91. The fraction of sp³-hybridized carbons (Fsp3) is 0.538. The molecule has 0 radical (unpaired) electrons. The number of sulfonamides is 1. The minimum absolute atomic E-state index is 0.0688. The van der Waals surface area contributed by atoms with E-state index in [-0.39, 0.29) is 16.3 Å². The van der Waals surface area contributed by atoms with E-state index in [2.05, 4.69) is 5.32 Å². The molecule has 0 fully saturated rings. The smallest absolute Gasteiger partial charge is 0.292 e. The lowest BCUT2D eigenvalue weighted by Crippen LogP contribution is -2.32. The maximum Gasteiger partial charge on any atom is 0.292 e. The monoisotopic (exact) mass is 315 g/mol. The highest BCUT2D eigenvalue weighted by atomic mass is 32.2. The van der Waals surface area contributed by atoms with Gasteiger partial charge >= 0.3 is 0 Å². The zero-order valence-corrected chi connectivity index (χ0v) is 13.3. The van der Waals surface area contributed by atoms with E-state index in [0.717, 1.165) is 0 Å². The summed E-state index contributed by atoms with van der Waals surface area (Å²) >= 11 is 0. The van der Waals surface area contributed by atoms with Gasteiger partial charge in [-0.3, -0.25) is 10.1 Å². The Morgan fingerprint density at radius 2 is 1.81 bits per heavy atom. The number of nitro groups is 1. The van der Waals surface area contributed by atoms with Crippen molar-refractivity contribution in [1.29, 1.82) is 0 Å². The van der Waals surface area contributed by atoms with E-state index in [1.54, 1.807) is 0 Å². The van der Waals surface area contributed by atoms with Gasteiger partial charge < -0.3 is 5.32 Å². The Kier molecular flexibility index (Phi) is 6.10. The number of rotatable bonds is 8. The van der Waals surface area contributed by atoms with E-state index in [1.807, 2.05) is 13.8 Å². The highest BCUT2D eigenvalue weighted by Crippen LogP contribution is 2.28. The molecule has 0 bridgehead atoms. The fourth-order valence-electron chi connectivity index (χ4n) is 2.04. The summed E-state index contributed by atoms with van der Waals surface area (Å²) < 4.78 is 26.6. The molecule has 1 rings (SSSR count). The molecule has 0 unspecified atom stereocenters. The molecule has 0 heterocycles. The Morgan fingerprint density at radius 1 is 1.24 bits per heavy atom. The molecule has 1 N–H and O–H groups in total. The number of hydrogen-bond donors (Lipinski definition) is 1. The SMILES string of the molecule is CCCN(CCC)S(=O)(=O)c1ccc([N+](=O)[O-])c(NC)c1. The third kappa shape index (κ3) is 3.92. The van der Waals surface area contributed by atoms with E-state index >= 15 is 0 Å². The molecule has 0 aromatic heterocycles. The average molecular weight is 315 g/mol. The first kappa shape index (κ1) is 17.4. The van der Waals surface area contributed by atoms with Crippen molar-refractivity contribution in [2.45, 2.75) is 31.6 Å². The van der Waals surface area contributed by atoms with Gasteiger partial charge in [-0.15, -0.1) is 0 Å². The van der Waals surface area contributed by atoms with Crippen molar-refractivity contribution in [2.75, 3.05) is 25.5 Å². The summed E-state index contributed by atoms with van der Waals surface area (Å²) in [5, 5.41) is 13.6. The lowest BCUT2D eigenvalue weighted by Gasteiger charge is -2.21. The molecule has 0 amide bonds. The third-order valence-electron chi connectivity index (χ3n) is 3.02. The molecule has 8 heteroatoms. The van der Waals surface area contributed by atoms with Gasteiger partial charge in [0.1, 0.15) is 5.69 Å². The van der Waals surface area contributed by atoms with E-state index in [4.69, 9.17) is 0 Å². The predicted octanol–water partition coefficient (Wildman–Crippen LogP) is 2.45. The van der Waals surface area contributed by atoms with Crippen LogP contribution >= 0.6 is 0 Å². The van der Waals surface area contributed by atoms with E-state index in [0.29, 0.717) is 25.9 Å². The Morgan fingerprint density at radius 3 is 2.24 bits per heavy atom. The number of anilines is 1. The molecular weight excluding hydrogens is 294 g/mol. The molecule has 1 aromatic carbocycles. The van der Waals surface area contributed by atoms with E-state index < -0.39 is 14.9 Å². The van der Waals surface area contributed by atoms with Gasteiger partial charge in [-0.2, -0.15) is 4.31 Å². The van der Waals surface area contributed by atoms with Gasteiger partial charge in [0, 0.05) is 26.2 Å². The highest BCUT2D eigenvalue weighted by molar-refractivity contribution is 7.89. The molecule has 0 aliphatic rings. The lowest BCUT2D eigenvalue weighted by molar-refractivity contribution is -0.384. The summed E-state index contributed by atoms with van der Waals surface area (Å²) in [5.74, 6) is 0. The van der Waals surface area contributed by atoms with Crippen LogP contribution in [-0.4, -0.2) is 37.8 Å². The summed E-state index contributed by atoms with van der Waals surface area (Å²) in [4.78, 5) is 10.4. The second-order valence-corrected chi connectivity index (χ2v) is 6.53. The van der Waals surface area contributed by atoms with Crippen molar-refractivity contribution >= 4 is 21.4 Å². The molecular formula is C13H21N3O4S. The fourth-order valence-corrected chi connectivity index (χ4v) is 3.69.